The number of hydrogen-bond donors (Lipinski definition) is 1. The molecule has 4 saturated heterocycles. The SMILES string of the molecule is CC(=O)OC1(C)OO1.COC(=O)CCCC(=O)NC12C[N-]CC[N-]CC(C)(C[N-]CC[N-]C1)C[N-]CC[N-]C2.[Cu].[HH].[HH].[HH].[HH]. The van der Waals surface area contributed by atoms with E-state index in [9.17, 15) is 14.4 Å². The molecule has 4 aliphatic heterocycles. The minimum atomic E-state index is -1.08. The van der Waals surface area contributed by atoms with E-state index >= 15 is 0 Å². The van der Waals surface area contributed by atoms with Crippen molar-refractivity contribution in [2.24, 2.45) is 5.41 Å². The van der Waals surface area contributed by atoms with Gasteiger partial charge < -0.3 is 46.7 Å². The fourth-order valence-corrected chi connectivity index (χ4v) is 3.98. The molecule has 0 aromatic carbocycles. The van der Waals surface area contributed by atoms with Gasteiger partial charge in [0.15, 0.2) is 0 Å². The number of esters is 2. The van der Waals surface area contributed by atoms with Crippen LogP contribution in [0.5, 0.6) is 0 Å². The summed E-state index contributed by atoms with van der Waals surface area (Å²) >= 11 is 0. The van der Waals surface area contributed by atoms with Crippen molar-refractivity contribution < 1.29 is 56.4 Å². The topological polar surface area (TPSA) is 191 Å². The van der Waals surface area contributed by atoms with E-state index in [4.69, 9.17) is 16.0 Å². The molecule has 4 heterocycles. The number of amides is 1. The van der Waals surface area contributed by atoms with E-state index in [1.54, 1.807) is 0 Å². The molecule has 1 amide bonds. The molecule has 0 unspecified atom stereocenters. The first-order chi connectivity index (χ1) is 18.6. The summed E-state index contributed by atoms with van der Waals surface area (Å²) in [5, 5.41) is 31.3. The molecule has 0 spiro atoms. The quantitative estimate of drug-likeness (QED) is 0.202. The molecule has 0 aromatic heterocycles. The van der Waals surface area contributed by atoms with Gasteiger partial charge >= 0.3 is 17.9 Å². The molecule has 2 bridgehead atoms. The molecule has 15 heteroatoms. The van der Waals surface area contributed by atoms with Crippen molar-refractivity contribution >= 4 is 17.8 Å². The Morgan fingerprint density at radius 1 is 0.775 bits per heavy atom. The average Bonchev–Trinajstić information content (AvgIpc) is 3.60. The summed E-state index contributed by atoms with van der Waals surface area (Å²) in [6, 6.07) is 0. The van der Waals surface area contributed by atoms with Crippen molar-refractivity contribution in [1.82, 2.24) is 5.32 Å². The minimum Gasteiger partial charge on any atom is -0.663 e. The number of carbonyl (C=O) groups is 3. The Labute approximate surface area is 254 Å². The van der Waals surface area contributed by atoms with Crippen LogP contribution < -0.4 is 5.32 Å². The average molecular weight is 625 g/mol. The first-order valence-corrected chi connectivity index (χ1v) is 13.3. The predicted octanol–water partition coefficient (Wildman–Crippen LogP) is 3.63. The second-order valence-electron chi connectivity index (χ2n) is 10.3. The molecule has 4 rings (SSSR count). The van der Waals surface area contributed by atoms with Crippen LogP contribution in [0.4, 0.5) is 0 Å². The van der Waals surface area contributed by atoms with E-state index in [1.807, 2.05) is 0 Å². The first kappa shape index (κ1) is 36.6. The van der Waals surface area contributed by atoms with Gasteiger partial charge in [0.05, 0.1) is 7.11 Å². The van der Waals surface area contributed by atoms with Crippen LogP contribution in [0.3, 0.4) is 0 Å². The number of fused-ring (bicyclic) bond motifs is 15. The van der Waals surface area contributed by atoms with Crippen LogP contribution >= 0.6 is 0 Å². The van der Waals surface area contributed by atoms with Crippen LogP contribution in [0.25, 0.3) is 31.9 Å². The van der Waals surface area contributed by atoms with Gasteiger partial charge in [0.25, 0.3) is 0 Å². The van der Waals surface area contributed by atoms with Crippen molar-refractivity contribution in [3.63, 3.8) is 0 Å². The van der Waals surface area contributed by atoms with E-state index in [0.717, 1.165) is 0 Å². The fourth-order valence-electron chi connectivity index (χ4n) is 3.98. The maximum Gasteiger partial charge on any atom is 0.380 e. The number of rotatable bonds is 6. The van der Waals surface area contributed by atoms with Crippen molar-refractivity contribution in [3.8, 4) is 0 Å². The molecule has 1 radical (unpaired) electrons. The maximum atomic E-state index is 12.6. The Hall–Kier alpha value is -1.39. The van der Waals surface area contributed by atoms with Gasteiger partial charge in [-0.3, -0.25) is 14.4 Å². The molecule has 1 N–H and O–H groups in total. The van der Waals surface area contributed by atoms with Crippen molar-refractivity contribution in [2.75, 3.05) is 85.6 Å². The van der Waals surface area contributed by atoms with Crippen molar-refractivity contribution in [2.45, 2.75) is 51.5 Å². The molecule has 40 heavy (non-hydrogen) atoms. The number of nitrogens with one attached hydrogen (secondary N) is 1. The molecule has 14 nitrogen and oxygen atoms in total. The number of carbonyl (C=O) groups excluding carboxylic acids is 3. The van der Waals surface area contributed by atoms with Gasteiger partial charge in [0.2, 0.25) is 5.91 Å². The molecule has 245 valence electrons. The minimum absolute atomic E-state index is 0. The molecule has 4 aliphatic rings. The van der Waals surface area contributed by atoms with Crippen LogP contribution in [0, 0.1) is 5.41 Å². The summed E-state index contributed by atoms with van der Waals surface area (Å²) < 4.78 is 9.11. The van der Waals surface area contributed by atoms with E-state index in [-0.39, 0.29) is 52.9 Å². The summed E-state index contributed by atoms with van der Waals surface area (Å²) in [4.78, 5) is 42.6. The third kappa shape index (κ3) is 15.6. The summed E-state index contributed by atoms with van der Waals surface area (Å²) in [5.74, 6) is -1.92. The van der Waals surface area contributed by atoms with Crippen molar-refractivity contribution in [1.29, 1.82) is 0 Å². The Bertz CT molecular complexity index is 750. The molecular weight excluding hydrogens is 574 g/mol. The van der Waals surface area contributed by atoms with Crippen LogP contribution in [0.15, 0.2) is 0 Å². The zero-order valence-electron chi connectivity index (χ0n) is 23.9. The van der Waals surface area contributed by atoms with Gasteiger partial charge in [-0.05, 0) is 12.0 Å². The molecule has 0 aliphatic carbocycles. The van der Waals surface area contributed by atoms with E-state index in [1.165, 1.54) is 21.0 Å². The summed E-state index contributed by atoms with van der Waals surface area (Å²) in [6.45, 7) is 12.2. The normalized spacial score (nSPS) is 27.3. The smallest absolute Gasteiger partial charge is 0.380 e. The number of hydrogen-bond acceptors (Lipinski definition) is 7. The zero-order chi connectivity index (χ0) is 28.6. The Balaban J connectivity index is -0.000000537. The van der Waals surface area contributed by atoms with Crippen LogP contribution in [0.1, 0.15) is 45.7 Å². The maximum absolute atomic E-state index is 12.6. The Kier molecular flexibility index (Phi) is 17.3. The third-order valence-corrected chi connectivity index (χ3v) is 6.04. The van der Waals surface area contributed by atoms with E-state index in [2.05, 4.69) is 47.4 Å². The number of ether oxygens (including phenoxy) is 2. The molecular formula is C25H51CuN7O7-6. The second kappa shape index (κ2) is 18.9. The standard InChI is InChI=1S/C21H37N7O3.C4H6O4.Cu.4H2/c1-20-12-22-6-9-25-15-21(16-26-10-7-23-13-20,17-27-11-8-24-14-20)28-18(29)4-3-5-19(30)31-2;1-3(5)6-4(2)7-8-4;;;;;/h3-17H2,1-2H3,(H,28,29);1-2H3;;4*1H/q-6;;;;;;. The zero-order valence-corrected chi connectivity index (χ0v) is 24.9. The second-order valence-corrected chi connectivity index (χ2v) is 10.3. The Morgan fingerprint density at radius 3 is 1.55 bits per heavy atom. The molecule has 0 atom stereocenters. The van der Waals surface area contributed by atoms with Gasteiger partial charge in [-0.2, -0.15) is 49.0 Å². The summed E-state index contributed by atoms with van der Waals surface area (Å²) in [5.41, 5.74) is -0.721. The third-order valence-electron chi connectivity index (χ3n) is 6.04. The largest absolute Gasteiger partial charge is 0.663 e. The van der Waals surface area contributed by atoms with Crippen LogP contribution in [-0.4, -0.2) is 115 Å². The number of methoxy groups -OCH3 is 1. The van der Waals surface area contributed by atoms with Gasteiger partial charge in [0, 0.05) is 49.5 Å². The van der Waals surface area contributed by atoms with Gasteiger partial charge in [-0.1, -0.05) is 12.3 Å². The summed E-state index contributed by atoms with van der Waals surface area (Å²) in [7, 11) is 1.35. The van der Waals surface area contributed by atoms with E-state index in [0.29, 0.717) is 85.0 Å². The van der Waals surface area contributed by atoms with Crippen LogP contribution in [-0.2, 0) is 50.7 Å². The number of nitrogens with zero attached hydrogens (tertiary/aromatic N) is 6. The first-order valence-electron chi connectivity index (χ1n) is 13.3. The van der Waals surface area contributed by atoms with Gasteiger partial charge in [-0.15, -0.1) is 39.3 Å². The molecule has 0 aromatic rings. The van der Waals surface area contributed by atoms with Gasteiger partial charge in [0.1, 0.15) is 0 Å². The monoisotopic (exact) mass is 624 g/mol. The molecule has 4 fully saturated rings. The summed E-state index contributed by atoms with van der Waals surface area (Å²) in [6.07, 6.45) is 0.907. The van der Waals surface area contributed by atoms with Crippen molar-refractivity contribution in [3.05, 3.63) is 31.9 Å². The fraction of sp³-hybridized carbons (Fsp3) is 0.880. The predicted molar refractivity (Wildman–Crippen MR) is 154 cm³/mol. The van der Waals surface area contributed by atoms with Crippen LogP contribution in [0.2, 0.25) is 0 Å². The molecule has 0 saturated carbocycles. The van der Waals surface area contributed by atoms with E-state index < -0.39 is 17.5 Å². The Morgan fingerprint density at radius 2 is 1.20 bits per heavy atom. The van der Waals surface area contributed by atoms with Gasteiger partial charge in [-0.25, -0.2) is 0 Å².